The first-order valence-electron chi connectivity index (χ1n) is 8.24. The van der Waals surface area contributed by atoms with Crippen molar-refractivity contribution in [3.05, 3.63) is 77.9 Å². The minimum absolute atomic E-state index is 0.231. The van der Waals surface area contributed by atoms with Gasteiger partial charge >= 0.3 is 0 Å². The zero-order valence-electron chi connectivity index (χ0n) is 14.6. The molecule has 26 heavy (non-hydrogen) atoms. The van der Waals surface area contributed by atoms with Crippen LogP contribution in [0, 0.1) is 5.82 Å². The number of carbonyl (C=O) groups is 1. The third kappa shape index (κ3) is 4.15. The second-order valence-electron chi connectivity index (χ2n) is 6.15. The Kier molecular flexibility index (Phi) is 5.43. The zero-order chi connectivity index (χ0) is 18.5. The number of aromatic nitrogens is 1. The van der Waals surface area contributed by atoms with Crippen molar-refractivity contribution in [2.75, 3.05) is 14.1 Å². The zero-order valence-corrected chi connectivity index (χ0v) is 14.6. The molecule has 1 unspecified atom stereocenters. The summed E-state index contributed by atoms with van der Waals surface area (Å²) < 4.78 is 19.0. The van der Waals surface area contributed by atoms with Crippen LogP contribution in [-0.2, 0) is 11.3 Å². The van der Waals surface area contributed by atoms with Gasteiger partial charge in [-0.2, -0.15) is 0 Å². The highest BCUT2D eigenvalue weighted by molar-refractivity contribution is 5.83. The quantitative estimate of drug-likeness (QED) is 0.738. The van der Waals surface area contributed by atoms with Crippen molar-refractivity contribution < 1.29 is 13.6 Å². The molecular formula is C20H20FN3O2. The molecule has 1 atom stereocenters. The molecule has 0 radical (unpaired) electrons. The Morgan fingerprint density at radius 1 is 1.19 bits per heavy atom. The molecule has 0 bridgehead atoms. The molecule has 134 valence electrons. The van der Waals surface area contributed by atoms with Crippen molar-refractivity contribution in [1.29, 1.82) is 0 Å². The summed E-state index contributed by atoms with van der Waals surface area (Å²) in [6, 6.07) is 15.0. The SMILES string of the molecule is CN(C)C(C(=O)NCc1coc(-c2ccccc2)n1)c1cccc(F)c1. The Balaban J connectivity index is 1.68. The van der Waals surface area contributed by atoms with E-state index in [1.807, 2.05) is 30.3 Å². The number of amides is 1. The Bertz CT molecular complexity index is 878. The number of likely N-dealkylation sites (N-methyl/N-ethyl adjacent to an activating group) is 1. The molecule has 1 aromatic heterocycles. The van der Waals surface area contributed by atoms with Crippen molar-refractivity contribution in [1.82, 2.24) is 15.2 Å². The van der Waals surface area contributed by atoms with Crippen molar-refractivity contribution in [3.63, 3.8) is 0 Å². The minimum atomic E-state index is -0.591. The number of oxazole rings is 1. The van der Waals surface area contributed by atoms with Gasteiger partial charge in [0, 0.05) is 5.56 Å². The van der Waals surface area contributed by atoms with E-state index in [4.69, 9.17) is 4.42 Å². The summed E-state index contributed by atoms with van der Waals surface area (Å²) in [5.74, 6) is -0.0971. The average molecular weight is 353 g/mol. The van der Waals surface area contributed by atoms with Gasteiger partial charge in [0.05, 0.1) is 12.2 Å². The van der Waals surface area contributed by atoms with Gasteiger partial charge < -0.3 is 9.73 Å². The lowest BCUT2D eigenvalue weighted by Gasteiger charge is -2.23. The van der Waals surface area contributed by atoms with Crippen molar-refractivity contribution >= 4 is 5.91 Å². The molecule has 0 saturated heterocycles. The van der Waals surface area contributed by atoms with Crippen molar-refractivity contribution in [2.24, 2.45) is 0 Å². The molecule has 1 N–H and O–H groups in total. The van der Waals surface area contributed by atoms with Crippen LogP contribution in [0.5, 0.6) is 0 Å². The van der Waals surface area contributed by atoms with Gasteiger partial charge in [-0.15, -0.1) is 0 Å². The number of carbonyl (C=O) groups excluding carboxylic acids is 1. The predicted molar refractivity (Wildman–Crippen MR) is 96.6 cm³/mol. The summed E-state index contributed by atoms with van der Waals surface area (Å²) in [6.07, 6.45) is 1.52. The first-order valence-corrected chi connectivity index (χ1v) is 8.24. The van der Waals surface area contributed by atoms with Crippen LogP contribution in [0.4, 0.5) is 4.39 Å². The summed E-state index contributed by atoms with van der Waals surface area (Å²) in [5, 5.41) is 2.84. The summed E-state index contributed by atoms with van der Waals surface area (Å²) in [5.41, 5.74) is 2.09. The fourth-order valence-electron chi connectivity index (χ4n) is 2.74. The summed E-state index contributed by atoms with van der Waals surface area (Å²) in [7, 11) is 3.55. The maximum Gasteiger partial charge on any atom is 0.242 e. The molecule has 2 aromatic carbocycles. The Morgan fingerprint density at radius 3 is 2.65 bits per heavy atom. The van der Waals surface area contributed by atoms with Crippen LogP contribution in [-0.4, -0.2) is 29.9 Å². The highest BCUT2D eigenvalue weighted by Gasteiger charge is 2.23. The number of benzene rings is 2. The molecule has 0 aliphatic carbocycles. The van der Waals surface area contributed by atoms with Gasteiger partial charge in [0.25, 0.3) is 0 Å². The first-order chi connectivity index (χ1) is 12.5. The second kappa shape index (κ2) is 7.93. The molecule has 3 aromatic rings. The molecule has 6 heteroatoms. The van der Waals surface area contributed by atoms with Gasteiger partial charge in [0.1, 0.15) is 18.1 Å². The van der Waals surface area contributed by atoms with Crippen LogP contribution >= 0.6 is 0 Å². The number of nitrogens with one attached hydrogen (secondary N) is 1. The summed E-state index contributed by atoms with van der Waals surface area (Å²) in [4.78, 5) is 18.7. The normalized spacial score (nSPS) is 12.2. The number of hydrogen-bond donors (Lipinski definition) is 1. The van der Waals surface area contributed by atoms with Crippen LogP contribution in [0.2, 0.25) is 0 Å². The Morgan fingerprint density at radius 2 is 1.96 bits per heavy atom. The number of rotatable bonds is 6. The Labute approximate surface area is 151 Å². The van der Waals surface area contributed by atoms with E-state index < -0.39 is 6.04 Å². The highest BCUT2D eigenvalue weighted by atomic mass is 19.1. The molecule has 0 saturated carbocycles. The average Bonchev–Trinajstić information content (AvgIpc) is 3.10. The van der Waals surface area contributed by atoms with E-state index >= 15 is 0 Å². The fourth-order valence-corrected chi connectivity index (χ4v) is 2.74. The third-order valence-corrected chi connectivity index (χ3v) is 3.95. The molecule has 1 amide bonds. The third-order valence-electron chi connectivity index (χ3n) is 3.95. The van der Waals surface area contributed by atoms with E-state index in [2.05, 4.69) is 10.3 Å². The predicted octanol–water partition coefficient (Wildman–Crippen LogP) is 3.40. The maximum atomic E-state index is 13.5. The van der Waals surface area contributed by atoms with E-state index in [1.54, 1.807) is 31.1 Å². The van der Waals surface area contributed by atoms with Crippen molar-refractivity contribution in [2.45, 2.75) is 12.6 Å². The molecular weight excluding hydrogens is 333 g/mol. The van der Waals surface area contributed by atoms with Gasteiger partial charge in [-0.05, 0) is 43.9 Å². The lowest BCUT2D eigenvalue weighted by atomic mass is 10.1. The van der Waals surface area contributed by atoms with Gasteiger partial charge in [0.2, 0.25) is 11.8 Å². The van der Waals surface area contributed by atoms with Gasteiger partial charge in [0.15, 0.2) is 0 Å². The summed E-state index contributed by atoms with van der Waals surface area (Å²) >= 11 is 0. The van der Waals surface area contributed by atoms with Gasteiger partial charge in [-0.25, -0.2) is 9.37 Å². The number of halogens is 1. The molecule has 3 rings (SSSR count). The van der Waals surface area contributed by atoms with Crippen LogP contribution in [0.15, 0.2) is 65.3 Å². The smallest absolute Gasteiger partial charge is 0.242 e. The van der Waals surface area contributed by atoms with E-state index in [1.165, 1.54) is 18.4 Å². The molecule has 0 spiro atoms. The largest absolute Gasteiger partial charge is 0.444 e. The standard InChI is InChI=1S/C20H20FN3O2/c1-24(2)18(15-9-6-10-16(21)11-15)19(25)22-12-17-13-26-20(23-17)14-7-4-3-5-8-14/h3-11,13,18H,12H2,1-2H3,(H,22,25). The lowest BCUT2D eigenvalue weighted by molar-refractivity contribution is -0.126. The van der Waals surface area contributed by atoms with Crippen LogP contribution < -0.4 is 5.32 Å². The van der Waals surface area contributed by atoms with E-state index in [-0.39, 0.29) is 18.3 Å². The van der Waals surface area contributed by atoms with Crippen LogP contribution in [0.1, 0.15) is 17.3 Å². The Hall–Kier alpha value is -2.99. The van der Waals surface area contributed by atoms with Crippen LogP contribution in [0.25, 0.3) is 11.5 Å². The molecule has 1 heterocycles. The fraction of sp³-hybridized carbons (Fsp3) is 0.200. The number of hydrogen-bond acceptors (Lipinski definition) is 4. The highest BCUT2D eigenvalue weighted by Crippen LogP contribution is 2.20. The summed E-state index contributed by atoms with van der Waals surface area (Å²) in [6.45, 7) is 0.231. The molecule has 0 aliphatic rings. The van der Waals surface area contributed by atoms with Gasteiger partial charge in [-0.1, -0.05) is 30.3 Å². The molecule has 0 fully saturated rings. The lowest BCUT2D eigenvalue weighted by Crippen LogP contribution is -2.36. The topological polar surface area (TPSA) is 58.4 Å². The maximum absolute atomic E-state index is 13.5. The first kappa shape index (κ1) is 17.8. The molecule has 0 aliphatic heterocycles. The van der Waals surface area contributed by atoms with Gasteiger partial charge in [-0.3, -0.25) is 9.69 Å². The van der Waals surface area contributed by atoms with E-state index in [0.29, 0.717) is 17.1 Å². The molecule has 5 nitrogen and oxygen atoms in total. The minimum Gasteiger partial charge on any atom is -0.444 e. The monoisotopic (exact) mass is 353 g/mol. The second-order valence-corrected chi connectivity index (χ2v) is 6.15. The van der Waals surface area contributed by atoms with Crippen molar-refractivity contribution in [3.8, 4) is 11.5 Å². The number of nitrogens with zero attached hydrogens (tertiary/aromatic N) is 2. The van der Waals surface area contributed by atoms with E-state index in [0.717, 1.165) is 5.56 Å². The van der Waals surface area contributed by atoms with Crippen LogP contribution in [0.3, 0.4) is 0 Å². The van der Waals surface area contributed by atoms with E-state index in [9.17, 15) is 9.18 Å².